The van der Waals surface area contributed by atoms with Crippen molar-refractivity contribution >= 4 is 50.9 Å². The van der Waals surface area contributed by atoms with Crippen LogP contribution in [0.25, 0.3) is 33.2 Å². The van der Waals surface area contributed by atoms with Crippen LogP contribution in [-0.2, 0) is 12.2 Å². The molecule has 0 fully saturated rings. The SMILES string of the molecule is COc1ccc(CCNC(=O)c2ccc3c(c2)nc(SCc2cc(=O)n4ccccc4n2)n2c4ccccc4nc32)cc1OC. The van der Waals surface area contributed by atoms with E-state index in [0.29, 0.717) is 57.8 Å². The predicted octanol–water partition coefficient (Wildman–Crippen LogP) is 5.33. The quantitative estimate of drug-likeness (QED) is 0.171. The number of methoxy groups -OCH3 is 2. The highest BCUT2D eigenvalue weighted by molar-refractivity contribution is 7.98. The van der Waals surface area contributed by atoms with Gasteiger partial charge in [0.15, 0.2) is 16.7 Å². The van der Waals surface area contributed by atoms with Crippen molar-refractivity contribution in [2.24, 2.45) is 0 Å². The number of amides is 1. The van der Waals surface area contributed by atoms with E-state index in [1.807, 2.05) is 65.1 Å². The van der Waals surface area contributed by atoms with Gasteiger partial charge < -0.3 is 14.8 Å². The molecule has 3 aromatic carbocycles. The molecule has 1 N–H and O–H groups in total. The molecule has 0 spiro atoms. The lowest BCUT2D eigenvalue weighted by Crippen LogP contribution is -2.25. The van der Waals surface area contributed by atoms with Gasteiger partial charge in [-0.05, 0) is 66.6 Å². The molecule has 0 unspecified atom stereocenters. The van der Waals surface area contributed by atoms with E-state index >= 15 is 0 Å². The molecule has 4 aromatic heterocycles. The number of nitrogens with zero attached hydrogens (tertiary/aromatic N) is 5. The van der Waals surface area contributed by atoms with E-state index in [-0.39, 0.29) is 11.5 Å². The van der Waals surface area contributed by atoms with Gasteiger partial charge in [0.1, 0.15) is 11.3 Å². The van der Waals surface area contributed by atoms with Crippen LogP contribution < -0.4 is 20.3 Å². The van der Waals surface area contributed by atoms with E-state index in [4.69, 9.17) is 19.4 Å². The van der Waals surface area contributed by atoms with Gasteiger partial charge in [0.2, 0.25) is 0 Å². The highest BCUT2D eigenvalue weighted by Gasteiger charge is 2.17. The summed E-state index contributed by atoms with van der Waals surface area (Å²) in [6.45, 7) is 0.449. The topological polar surface area (TPSA) is 112 Å². The number of fused-ring (bicyclic) bond motifs is 6. The number of rotatable bonds is 9. The standard InChI is InChI=1S/C34H28N6O4S/c1-43-28-13-10-21(17-29(28)44-2)14-15-35-33(42)22-11-12-24-26(18-22)38-34(40-27-8-4-3-7-25(27)37-32(24)40)45-20-23-19-31(41)39-16-6-5-9-30(39)36-23/h3-13,16-19H,14-15,20H2,1-2H3,(H,35,42). The summed E-state index contributed by atoms with van der Waals surface area (Å²) < 4.78 is 14.2. The van der Waals surface area contributed by atoms with Crippen LogP contribution >= 0.6 is 11.8 Å². The van der Waals surface area contributed by atoms with E-state index < -0.39 is 0 Å². The predicted molar refractivity (Wildman–Crippen MR) is 175 cm³/mol. The summed E-state index contributed by atoms with van der Waals surface area (Å²) in [5.41, 5.74) is 5.79. The van der Waals surface area contributed by atoms with Crippen molar-refractivity contribution in [2.45, 2.75) is 17.3 Å². The Morgan fingerprint density at radius 2 is 1.71 bits per heavy atom. The molecule has 0 aliphatic heterocycles. The van der Waals surface area contributed by atoms with Crippen molar-refractivity contribution < 1.29 is 14.3 Å². The van der Waals surface area contributed by atoms with Gasteiger partial charge in [-0.2, -0.15) is 0 Å². The lowest BCUT2D eigenvalue weighted by atomic mass is 10.1. The number of benzene rings is 3. The smallest absolute Gasteiger partial charge is 0.258 e. The van der Waals surface area contributed by atoms with Crippen LogP contribution in [0.15, 0.2) is 101 Å². The maximum absolute atomic E-state index is 13.2. The van der Waals surface area contributed by atoms with Crippen LogP contribution in [0.2, 0.25) is 0 Å². The van der Waals surface area contributed by atoms with Crippen LogP contribution in [0, 0.1) is 0 Å². The van der Waals surface area contributed by atoms with E-state index in [9.17, 15) is 9.59 Å². The highest BCUT2D eigenvalue weighted by atomic mass is 32.2. The molecular weight excluding hydrogens is 588 g/mol. The zero-order valence-electron chi connectivity index (χ0n) is 24.6. The fraction of sp³-hybridized carbons (Fsp3) is 0.147. The van der Waals surface area contributed by atoms with Crippen molar-refractivity contribution in [1.82, 2.24) is 29.1 Å². The molecule has 0 saturated carbocycles. The van der Waals surface area contributed by atoms with Gasteiger partial charge >= 0.3 is 0 Å². The molecule has 1 amide bonds. The molecule has 7 aromatic rings. The summed E-state index contributed by atoms with van der Waals surface area (Å²) in [7, 11) is 3.20. The Morgan fingerprint density at radius 3 is 2.58 bits per heavy atom. The number of carbonyl (C=O) groups is 1. The Morgan fingerprint density at radius 1 is 0.867 bits per heavy atom. The Balaban J connectivity index is 1.18. The average Bonchev–Trinajstić information content (AvgIpc) is 3.47. The molecule has 224 valence electrons. The van der Waals surface area contributed by atoms with Crippen LogP contribution in [0.1, 0.15) is 21.6 Å². The minimum Gasteiger partial charge on any atom is -0.493 e. The number of thioether (sulfide) groups is 1. The molecule has 11 heteroatoms. The minimum absolute atomic E-state index is 0.136. The monoisotopic (exact) mass is 616 g/mol. The number of para-hydroxylation sites is 2. The summed E-state index contributed by atoms with van der Waals surface area (Å²) >= 11 is 1.47. The van der Waals surface area contributed by atoms with E-state index in [1.54, 1.807) is 44.7 Å². The summed E-state index contributed by atoms with van der Waals surface area (Å²) in [6.07, 6.45) is 2.34. The summed E-state index contributed by atoms with van der Waals surface area (Å²) in [6, 6.07) is 26.1. The fourth-order valence-electron chi connectivity index (χ4n) is 5.38. The van der Waals surface area contributed by atoms with Crippen LogP contribution in [-0.4, -0.2) is 50.4 Å². The third-order valence-electron chi connectivity index (χ3n) is 7.59. The van der Waals surface area contributed by atoms with Gasteiger partial charge in [-0.3, -0.25) is 18.4 Å². The first-order valence-electron chi connectivity index (χ1n) is 14.3. The molecule has 7 rings (SSSR count). The molecule has 0 atom stereocenters. The Bertz CT molecular complexity index is 2300. The average molecular weight is 617 g/mol. The molecule has 0 saturated heterocycles. The molecule has 10 nitrogen and oxygen atoms in total. The second kappa shape index (κ2) is 11.9. The van der Waals surface area contributed by atoms with Crippen LogP contribution in [0.3, 0.4) is 0 Å². The third-order valence-corrected chi connectivity index (χ3v) is 8.56. The first-order valence-corrected chi connectivity index (χ1v) is 15.3. The van der Waals surface area contributed by atoms with Gasteiger partial charge in [-0.1, -0.05) is 36.0 Å². The van der Waals surface area contributed by atoms with Crippen molar-refractivity contribution in [3.63, 3.8) is 0 Å². The van der Waals surface area contributed by atoms with Gasteiger partial charge in [-0.25, -0.2) is 15.0 Å². The normalized spacial score (nSPS) is 11.4. The maximum Gasteiger partial charge on any atom is 0.258 e. The lowest BCUT2D eigenvalue weighted by molar-refractivity contribution is 0.0954. The first kappa shape index (κ1) is 28.4. The number of hydrogen-bond acceptors (Lipinski definition) is 8. The second-order valence-electron chi connectivity index (χ2n) is 10.4. The molecule has 45 heavy (non-hydrogen) atoms. The molecule has 0 radical (unpaired) electrons. The van der Waals surface area contributed by atoms with Gasteiger partial charge in [0.25, 0.3) is 11.5 Å². The third kappa shape index (κ3) is 5.42. The maximum atomic E-state index is 13.2. The number of pyridine rings is 1. The zero-order chi connectivity index (χ0) is 30.9. The molecule has 0 aliphatic carbocycles. The van der Waals surface area contributed by atoms with Crippen molar-refractivity contribution in [3.8, 4) is 11.5 Å². The molecule has 4 heterocycles. The highest BCUT2D eigenvalue weighted by Crippen LogP contribution is 2.31. The van der Waals surface area contributed by atoms with Crippen molar-refractivity contribution in [3.05, 3.63) is 118 Å². The van der Waals surface area contributed by atoms with Crippen molar-refractivity contribution in [2.75, 3.05) is 20.8 Å². The number of imidazole rings is 1. The number of carbonyl (C=O) groups excluding carboxylic acids is 1. The van der Waals surface area contributed by atoms with Crippen LogP contribution in [0.5, 0.6) is 11.5 Å². The number of aromatic nitrogens is 5. The van der Waals surface area contributed by atoms with E-state index in [1.165, 1.54) is 16.2 Å². The van der Waals surface area contributed by atoms with Gasteiger partial charge in [0, 0.05) is 35.5 Å². The second-order valence-corrected chi connectivity index (χ2v) is 11.3. The van der Waals surface area contributed by atoms with Gasteiger partial charge in [0.05, 0.1) is 36.5 Å². The summed E-state index contributed by atoms with van der Waals surface area (Å²) in [4.78, 5) is 40.5. The summed E-state index contributed by atoms with van der Waals surface area (Å²) in [5.74, 6) is 1.55. The molecular formula is C34H28N6O4S. The number of ether oxygens (including phenoxy) is 2. The van der Waals surface area contributed by atoms with E-state index in [0.717, 1.165) is 27.6 Å². The Kier molecular flexibility index (Phi) is 7.52. The number of hydrogen-bond donors (Lipinski definition) is 1. The van der Waals surface area contributed by atoms with Gasteiger partial charge in [-0.15, -0.1) is 0 Å². The lowest BCUT2D eigenvalue weighted by Gasteiger charge is -2.11. The van der Waals surface area contributed by atoms with Crippen molar-refractivity contribution in [1.29, 1.82) is 0 Å². The number of nitrogens with one attached hydrogen (secondary N) is 1. The summed E-state index contributed by atoms with van der Waals surface area (Å²) in [5, 5.41) is 4.53. The molecule has 0 aliphatic rings. The molecule has 0 bridgehead atoms. The Hall–Kier alpha value is -5.42. The fourth-order valence-corrected chi connectivity index (χ4v) is 6.28. The largest absolute Gasteiger partial charge is 0.493 e. The van der Waals surface area contributed by atoms with E-state index in [2.05, 4.69) is 10.3 Å². The van der Waals surface area contributed by atoms with Crippen LogP contribution in [0.4, 0.5) is 0 Å². The minimum atomic E-state index is -0.192. The zero-order valence-corrected chi connectivity index (χ0v) is 25.4. The Labute approximate surface area is 261 Å². The first-order chi connectivity index (χ1) is 22.0.